The fourth-order valence-electron chi connectivity index (χ4n) is 1.20. The van der Waals surface area contributed by atoms with Crippen molar-refractivity contribution in [2.24, 2.45) is 0 Å². The van der Waals surface area contributed by atoms with E-state index in [2.05, 4.69) is 52.4 Å². The molecule has 0 aliphatic rings. The van der Waals surface area contributed by atoms with Gasteiger partial charge in [-0.15, -0.1) is 12.4 Å². The van der Waals surface area contributed by atoms with E-state index in [1.807, 2.05) is 0 Å². The van der Waals surface area contributed by atoms with Crippen LogP contribution in [0.4, 0.5) is 0 Å². The van der Waals surface area contributed by atoms with Crippen LogP contribution in [0.3, 0.4) is 0 Å². The molecule has 0 aromatic rings. The van der Waals surface area contributed by atoms with Crippen molar-refractivity contribution in [1.82, 2.24) is 10.1 Å². The normalized spacial score (nSPS) is 10.6. The van der Waals surface area contributed by atoms with Gasteiger partial charge in [-0.25, -0.2) is 0 Å². The van der Waals surface area contributed by atoms with Crippen LogP contribution in [-0.2, 0) is 18.6 Å². The fraction of sp³-hybridized carbons (Fsp3) is 1.00. The number of hydrogen-bond donors (Lipinski definition) is 0. The summed E-state index contributed by atoms with van der Waals surface area (Å²) in [5, 5.41) is 0. The molecule has 0 amide bonds. The van der Waals surface area contributed by atoms with E-state index in [0.717, 1.165) is 0 Å². The first-order valence-electron chi connectivity index (χ1n) is 3.35. The largest absolute Gasteiger partial charge is 0.147 e. The summed E-state index contributed by atoms with van der Waals surface area (Å²) in [4.78, 5) is 0. The summed E-state index contributed by atoms with van der Waals surface area (Å²) in [7, 11) is 12.9. The zero-order valence-electron chi connectivity index (χ0n) is 8.25. The van der Waals surface area contributed by atoms with Crippen molar-refractivity contribution in [2.45, 2.75) is 0 Å². The molecule has 0 rings (SSSR count). The van der Waals surface area contributed by atoms with Gasteiger partial charge in [0.05, 0.1) is 0 Å². The Bertz CT molecular complexity index is 78.8. The Morgan fingerprint density at radius 3 is 0.818 bits per heavy atom. The second kappa shape index (κ2) is 6.41. The smallest absolute Gasteiger partial charge is 0.147 e. The first-order valence-corrected chi connectivity index (χ1v) is 5.45. The molecule has 0 heterocycles. The summed E-state index contributed by atoms with van der Waals surface area (Å²) in [5.41, 5.74) is 0. The Hall–Kier alpha value is 0.884. The third-order valence-corrected chi connectivity index (χ3v) is 4.95. The van der Waals surface area contributed by atoms with Crippen molar-refractivity contribution in [3.63, 3.8) is 0 Å². The Kier molecular flexibility index (Phi) is 8.39. The van der Waals surface area contributed by atoms with Gasteiger partial charge in [-0.3, -0.25) is 0 Å². The Labute approximate surface area is 83.5 Å². The van der Waals surface area contributed by atoms with Gasteiger partial charge in [0.15, 0.2) is 0 Å². The molecular formula is C6H19ClN3Ti. The summed E-state index contributed by atoms with van der Waals surface area (Å²) in [5.74, 6) is 0. The van der Waals surface area contributed by atoms with Crippen LogP contribution in [0.25, 0.3) is 0 Å². The van der Waals surface area contributed by atoms with E-state index in [1.54, 1.807) is 0 Å². The summed E-state index contributed by atoms with van der Waals surface area (Å²) in [6, 6.07) is 0. The molecule has 5 heteroatoms. The first-order chi connectivity index (χ1) is 4.46. The Morgan fingerprint density at radius 1 is 0.636 bits per heavy atom. The number of nitrogens with zero attached hydrogens (tertiary/aromatic N) is 3. The summed E-state index contributed by atoms with van der Waals surface area (Å²) in [6.07, 6.45) is 0. The topological polar surface area (TPSA) is 9.72 Å². The van der Waals surface area contributed by atoms with Gasteiger partial charge in [0.1, 0.15) is 0 Å². The van der Waals surface area contributed by atoms with E-state index in [4.69, 9.17) is 0 Å². The predicted octanol–water partition coefficient (Wildman–Crippen LogP) is 0.456. The zero-order valence-corrected chi connectivity index (χ0v) is 10.6. The van der Waals surface area contributed by atoms with E-state index in [9.17, 15) is 0 Å². The molecule has 69 valence electrons. The molecule has 0 spiro atoms. The minimum absolute atomic E-state index is 0. The van der Waals surface area contributed by atoms with Gasteiger partial charge in [-0.1, -0.05) is 0 Å². The Morgan fingerprint density at radius 2 is 0.818 bits per heavy atom. The van der Waals surface area contributed by atoms with Crippen molar-refractivity contribution in [1.29, 1.82) is 0 Å². The van der Waals surface area contributed by atoms with Crippen LogP contribution in [0.15, 0.2) is 0 Å². The second-order valence-electron chi connectivity index (χ2n) is 2.98. The van der Waals surface area contributed by atoms with Crippen LogP contribution in [0.1, 0.15) is 0 Å². The molecule has 0 bridgehead atoms. The van der Waals surface area contributed by atoms with Crippen LogP contribution in [0.5, 0.6) is 0 Å². The van der Waals surface area contributed by atoms with Gasteiger partial charge in [0.2, 0.25) is 0 Å². The minimum Gasteiger partial charge on any atom is -0.147 e. The van der Waals surface area contributed by atoms with Crippen molar-refractivity contribution >= 4 is 12.4 Å². The number of halogens is 1. The quantitative estimate of drug-likeness (QED) is 0.635. The third-order valence-electron chi connectivity index (χ3n) is 1.20. The molecule has 0 unspecified atom stereocenters. The molecule has 0 atom stereocenters. The molecule has 0 saturated carbocycles. The maximum atomic E-state index is 2.33. The average molecular weight is 217 g/mol. The van der Waals surface area contributed by atoms with E-state index in [-0.39, 0.29) is 12.4 Å². The van der Waals surface area contributed by atoms with Crippen LogP contribution >= 0.6 is 12.4 Å². The SMILES string of the molecule is C[N](C)[Ti]([N](C)C)[N](C)C.Cl. The molecule has 0 fully saturated rings. The Balaban J connectivity index is 0. The first kappa shape index (κ1) is 14.4. The fourth-order valence-corrected chi connectivity index (χ4v) is 4.95. The van der Waals surface area contributed by atoms with Gasteiger partial charge in [0, 0.05) is 0 Å². The van der Waals surface area contributed by atoms with Crippen LogP contribution in [-0.4, -0.2) is 52.4 Å². The summed E-state index contributed by atoms with van der Waals surface area (Å²) >= 11 is -1.22. The number of rotatable bonds is 3. The number of hydrogen-bond acceptors (Lipinski definition) is 3. The van der Waals surface area contributed by atoms with Crippen molar-refractivity contribution in [3.05, 3.63) is 0 Å². The molecule has 11 heavy (non-hydrogen) atoms. The van der Waals surface area contributed by atoms with Crippen LogP contribution in [0.2, 0.25) is 0 Å². The second-order valence-corrected chi connectivity index (χ2v) is 8.11. The van der Waals surface area contributed by atoms with E-state index >= 15 is 0 Å². The van der Waals surface area contributed by atoms with Crippen molar-refractivity contribution in [2.75, 3.05) is 42.3 Å². The van der Waals surface area contributed by atoms with Crippen LogP contribution < -0.4 is 0 Å². The molecule has 0 aliphatic carbocycles. The molecule has 0 radical (unpaired) electrons. The standard InChI is InChI=1S/3C2H6N.ClH.Ti/c3*1-3-2;;/h3*1-2H3;1H;/q3*-1;;+3. The predicted molar refractivity (Wildman–Crippen MR) is 48.3 cm³/mol. The maximum absolute atomic E-state index is 2.33. The van der Waals surface area contributed by atoms with Crippen molar-refractivity contribution < 1.29 is 18.6 Å². The average Bonchev–Trinajstić information content (AvgIpc) is 1.59. The monoisotopic (exact) mass is 216 g/mol. The zero-order chi connectivity index (χ0) is 8.31. The molecule has 0 saturated heterocycles. The van der Waals surface area contributed by atoms with Gasteiger partial charge in [-0.2, -0.15) is 0 Å². The maximum Gasteiger partial charge on any atom is -0.147 e. The van der Waals surface area contributed by atoms with E-state index in [0.29, 0.717) is 0 Å². The van der Waals surface area contributed by atoms with E-state index in [1.165, 1.54) is 0 Å². The summed E-state index contributed by atoms with van der Waals surface area (Å²) in [6.45, 7) is 0. The van der Waals surface area contributed by atoms with E-state index < -0.39 is 18.6 Å². The van der Waals surface area contributed by atoms with Crippen LogP contribution in [0, 0.1) is 0 Å². The van der Waals surface area contributed by atoms with Gasteiger partial charge < -0.3 is 0 Å². The molecular weight excluding hydrogens is 197 g/mol. The molecule has 0 N–H and O–H groups in total. The molecule has 0 aliphatic heterocycles. The molecule has 0 aromatic heterocycles. The van der Waals surface area contributed by atoms with Gasteiger partial charge >= 0.3 is 71.1 Å². The minimum atomic E-state index is -1.22. The van der Waals surface area contributed by atoms with Gasteiger partial charge in [0.25, 0.3) is 0 Å². The van der Waals surface area contributed by atoms with Crippen molar-refractivity contribution in [3.8, 4) is 0 Å². The van der Waals surface area contributed by atoms with Gasteiger partial charge in [-0.05, 0) is 0 Å². The summed E-state index contributed by atoms with van der Waals surface area (Å²) < 4.78 is 7.00. The third kappa shape index (κ3) is 5.18. The molecule has 0 aromatic carbocycles. The molecule has 3 nitrogen and oxygen atoms in total.